The summed E-state index contributed by atoms with van der Waals surface area (Å²) in [6.45, 7) is 2.04. The summed E-state index contributed by atoms with van der Waals surface area (Å²) in [5, 5.41) is 1.91. The topological polar surface area (TPSA) is 51.6 Å². The Kier molecular flexibility index (Phi) is 5.92. The lowest BCUT2D eigenvalue weighted by molar-refractivity contribution is -0.137. The second-order valence-electron chi connectivity index (χ2n) is 9.20. The minimum Gasteiger partial charge on any atom is -0.255 e. The molecule has 8 aromatic heterocycles. The van der Waals surface area contributed by atoms with Crippen LogP contribution in [-0.4, -0.2) is 19.9 Å². The first kappa shape index (κ1) is 25.6. The summed E-state index contributed by atoms with van der Waals surface area (Å²) in [7, 11) is 0. The molecule has 0 aliphatic carbocycles. The van der Waals surface area contributed by atoms with Crippen LogP contribution in [0.5, 0.6) is 0 Å². The third kappa shape index (κ3) is 4.60. The van der Waals surface area contributed by atoms with Crippen molar-refractivity contribution < 1.29 is 13.2 Å². The van der Waals surface area contributed by atoms with Gasteiger partial charge < -0.3 is 0 Å². The Hall–Kier alpha value is -3.07. The van der Waals surface area contributed by atoms with E-state index in [4.69, 9.17) is 9.97 Å². The van der Waals surface area contributed by atoms with Crippen LogP contribution < -0.4 is 0 Å². The second kappa shape index (κ2) is 9.48. The number of hydrogen-bond donors (Lipinski definition) is 0. The molecule has 13 heteroatoms. The van der Waals surface area contributed by atoms with Crippen LogP contribution in [0.4, 0.5) is 13.2 Å². The zero-order valence-electron chi connectivity index (χ0n) is 20.6. The summed E-state index contributed by atoms with van der Waals surface area (Å²) in [6.07, 6.45) is -1.61. The number of aromatic nitrogens is 4. The number of nitrogens with zero attached hydrogens (tertiary/aromatic N) is 4. The van der Waals surface area contributed by atoms with E-state index in [9.17, 15) is 13.2 Å². The molecule has 41 heavy (non-hydrogen) atoms. The van der Waals surface area contributed by atoms with E-state index in [0.29, 0.717) is 5.69 Å². The van der Waals surface area contributed by atoms with Crippen LogP contribution in [0, 0.1) is 6.92 Å². The van der Waals surface area contributed by atoms with Crippen LogP contribution >= 0.6 is 68.0 Å². The van der Waals surface area contributed by atoms with Crippen molar-refractivity contribution in [3.8, 4) is 40.9 Å². The largest absolute Gasteiger partial charge is 0.417 e. The van der Waals surface area contributed by atoms with Gasteiger partial charge in [-0.25, -0.2) is 9.97 Å². The van der Waals surface area contributed by atoms with Gasteiger partial charge in [0.25, 0.3) is 0 Å². The van der Waals surface area contributed by atoms with Crippen molar-refractivity contribution in [1.29, 1.82) is 0 Å². The lowest BCUT2D eigenvalue weighted by atomic mass is 10.2. The maximum Gasteiger partial charge on any atom is 0.417 e. The van der Waals surface area contributed by atoms with Gasteiger partial charge >= 0.3 is 6.18 Å². The molecule has 8 aromatic rings. The van der Waals surface area contributed by atoms with Gasteiger partial charge in [0, 0.05) is 31.2 Å². The van der Waals surface area contributed by atoms with Gasteiger partial charge in [-0.2, -0.15) is 13.2 Å². The summed E-state index contributed by atoms with van der Waals surface area (Å²) in [4.78, 5) is 24.5. The standard InChI is InChI=1S/C28H13F3N4S6/c1-12-2-4-14(32-10-12)16-6-18-20(36-16)8-22(38-18)24-34-26-27(40-24)35-25(41-26)23-9-21-19(39-23)7-17(37-21)15-5-3-13(11-33-15)28(29,30)31/h2-11H,1H3. The van der Waals surface area contributed by atoms with Gasteiger partial charge in [-0.3, -0.25) is 9.97 Å². The van der Waals surface area contributed by atoms with E-state index in [2.05, 4.69) is 40.3 Å². The minimum atomic E-state index is -4.39. The minimum absolute atomic E-state index is 0.538. The fourth-order valence-corrected chi connectivity index (χ4v) is 11.2. The van der Waals surface area contributed by atoms with E-state index >= 15 is 0 Å². The molecule has 0 saturated heterocycles. The van der Waals surface area contributed by atoms with Crippen molar-refractivity contribution in [3.05, 3.63) is 72.1 Å². The molecule has 0 radical (unpaired) electrons. The molecule has 0 saturated carbocycles. The highest BCUT2D eigenvalue weighted by atomic mass is 32.1. The summed E-state index contributed by atoms with van der Waals surface area (Å²) in [6, 6.07) is 15.1. The summed E-state index contributed by atoms with van der Waals surface area (Å²) >= 11 is 9.83. The molecular formula is C28H13F3N4S6. The van der Waals surface area contributed by atoms with Gasteiger partial charge in [0.05, 0.1) is 36.5 Å². The number of fused-ring (bicyclic) bond motifs is 3. The van der Waals surface area contributed by atoms with Crippen molar-refractivity contribution in [2.24, 2.45) is 0 Å². The number of thiazole rings is 2. The first-order chi connectivity index (χ1) is 19.8. The Morgan fingerprint density at radius 2 is 1.02 bits per heavy atom. The Morgan fingerprint density at radius 1 is 0.561 bits per heavy atom. The average molecular weight is 655 g/mol. The normalized spacial score (nSPS) is 12.4. The molecule has 0 bridgehead atoms. The van der Waals surface area contributed by atoms with Gasteiger partial charge in [0.1, 0.15) is 10.0 Å². The molecule has 8 rings (SSSR count). The van der Waals surface area contributed by atoms with Crippen LogP contribution in [0.15, 0.2) is 60.9 Å². The van der Waals surface area contributed by atoms with E-state index in [-0.39, 0.29) is 0 Å². The monoisotopic (exact) mass is 654 g/mol. The first-order valence-electron chi connectivity index (χ1n) is 12.1. The molecule has 0 unspecified atom stereocenters. The van der Waals surface area contributed by atoms with Crippen LogP contribution in [0.2, 0.25) is 0 Å². The molecular weight excluding hydrogens is 642 g/mol. The van der Waals surface area contributed by atoms with Gasteiger partial charge in [-0.05, 0) is 55.0 Å². The highest BCUT2D eigenvalue weighted by Crippen LogP contribution is 2.46. The molecule has 0 aromatic carbocycles. The zero-order chi connectivity index (χ0) is 27.9. The fraction of sp³-hybridized carbons (Fsp3) is 0.0714. The predicted molar refractivity (Wildman–Crippen MR) is 169 cm³/mol. The Balaban J connectivity index is 1.04. The molecule has 0 aliphatic heterocycles. The average Bonchev–Trinajstić information content (AvgIpc) is 3.75. The lowest BCUT2D eigenvalue weighted by Crippen LogP contribution is -2.04. The molecule has 0 spiro atoms. The molecule has 0 atom stereocenters. The summed E-state index contributed by atoms with van der Waals surface area (Å²) in [5.74, 6) is 0. The van der Waals surface area contributed by atoms with Gasteiger partial charge in [0.15, 0.2) is 9.66 Å². The molecule has 0 amide bonds. The van der Waals surface area contributed by atoms with Crippen molar-refractivity contribution in [2.75, 3.05) is 0 Å². The Labute approximate surface area is 254 Å². The zero-order valence-corrected chi connectivity index (χ0v) is 25.5. The van der Waals surface area contributed by atoms with Gasteiger partial charge in [0.2, 0.25) is 0 Å². The second-order valence-corrected chi connectivity index (χ2v) is 15.5. The SMILES string of the molecule is Cc1ccc(-c2cc3sc(-c4nc5sc(-c6cc7sc(-c8ccc(C(F)(F)F)cn8)cc7s6)nc5s4)cc3s2)nc1. The predicted octanol–water partition coefficient (Wildman–Crippen LogP) is 11.1. The Morgan fingerprint density at radius 3 is 1.46 bits per heavy atom. The maximum absolute atomic E-state index is 12.9. The number of thiophene rings is 4. The summed E-state index contributed by atoms with van der Waals surface area (Å²) in [5.41, 5.74) is 1.94. The lowest BCUT2D eigenvalue weighted by Gasteiger charge is -2.05. The number of halogens is 3. The van der Waals surface area contributed by atoms with Crippen molar-refractivity contribution >= 4 is 96.5 Å². The third-order valence-electron chi connectivity index (χ3n) is 6.32. The van der Waals surface area contributed by atoms with Crippen LogP contribution in [-0.2, 0) is 6.18 Å². The molecule has 8 heterocycles. The highest BCUT2D eigenvalue weighted by Gasteiger charge is 2.30. The third-order valence-corrected chi connectivity index (χ3v) is 13.3. The Bertz CT molecular complexity index is 2110. The number of aryl methyl sites for hydroxylation is 1. The van der Waals surface area contributed by atoms with E-state index in [0.717, 1.165) is 67.2 Å². The molecule has 202 valence electrons. The van der Waals surface area contributed by atoms with Gasteiger partial charge in [-0.1, -0.05) is 28.7 Å². The smallest absolute Gasteiger partial charge is 0.255 e. The van der Waals surface area contributed by atoms with Crippen molar-refractivity contribution in [2.45, 2.75) is 13.1 Å². The van der Waals surface area contributed by atoms with Crippen LogP contribution in [0.1, 0.15) is 11.1 Å². The number of pyridine rings is 2. The van der Waals surface area contributed by atoms with Crippen LogP contribution in [0.25, 0.3) is 69.4 Å². The van der Waals surface area contributed by atoms with Crippen LogP contribution in [0.3, 0.4) is 0 Å². The van der Waals surface area contributed by atoms with Crippen molar-refractivity contribution in [1.82, 2.24) is 19.9 Å². The fourth-order valence-electron chi connectivity index (χ4n) is 4.31. The molecule has 0 aliphatic rings. The van der Waals surface area contributed by atoms with Gasteiger partial charge in [-0.15, -0.1) is 45.3 Å². The van der Waals surface area contributed by atoms with E-state index < -0.39 is 11.7 Å². The number of hydrogen-bond acceptors (Lipinski definition) is 10. The molecule has 0 fully saturated rings. The molecule has 0 N–H and O–H groups in total. The van der Waals surface area contributed by atoms with E-state index in [1.165, 1.54) is 31.7 Å². The quantitative estimate of drug-likeness (QED) is 0.189. The first-order valence-corrected chi connectivity index (χ1v) is 17.0. The number of alkyl halides is 3. The maximum atomic E-state index is 12.9. The van der Waals surface area contributed by atoms with E-state index in [1.54, 1.807) is 56.7 Å². The molecule has 4 nitrogen and oxygen atoms in total. The van der Waals surface area contributed by atoms with Crippen molar-refractivity contribution in [3.63, 3.8) is 0 Å². The summed E-state index contributed by atoms with van der Waals surface area (Å²) < 4.78 is 43.2. The number of rotatable bonds is 4. The van der Waals surface area contributed by atoms with E-state index in [1.807, 2.05) is 19.2 Å². The highest BCUT2D eigenvalue weighted by molar-refractivity contribution is 7.35.